The Labute approximate surface area is 124 Å². The molecule has 2 fully saturated rings. The monoisotopic (exact) mass is 287 g/mol. The van der Waals surface area contributed by atoms with Gasteiger partial charge < -0.3 is 11.1 Å². The first-order chi connectivity index (χ1) is 10.2. The SMILES string of the molecule is NC(=O)CNC(=O)[C@H]1C[C@@H](c2ccccc2)N2CCC[C@H]12. The Morgan fingerprint density at radius 3 is 2.76 bits per heavy atom. The first-order valence-electron chi connectivity index (χ1n) is 7.53. The second-order valence-electron chi connectivity index (χ2n) is 5.90. The van der Waals surface area contributed by atoms with E-state index in [0.29, 0.717) is 12.1 Å². The Hall–Kier alpha value is -1.88. The third-order valence-corrected chi connectivity index (χ3v) is 4.64. The predicted octanol–water partition coefficient (Wildman–Crippen LogP) is 0.813. The van der Waals surface area contributed by atoms with E-state index >= 15 is 0 Å². The molecule has 21 heavy (non-hydrogen) atoms. The van der Waals surface area contributed by atoms with E-state index in [-0.39, 0.29) is 18.4 Å². The Morgan fingerprint density at radius 1 is 1.29 bits per heavy atom. The highest BCUT2D eigenvalue weighted by Crippen LogP contribution is 2.44. The van der Waals surface area contributed by atoms with Crippen LogP contribution in [-0.4, -0.2) is 35.8 Å². The van der Waals surface area contributed by atoms with Gasteiger partial charge in [-0.1, -0.05) is 30.3 Å². The third kappa shape index (κ3) is 2.78. The van der Waals surface area contributed by atoms with E-state index < -0.39 is 5.91 Å². The second-order valence-corrected chi connectivity index (χ2v) is 5.90. The van der Waals surface area contributed by atoms with Crippen LogP contribution in [0.3, 0.4) is 0 Å². The average molecular weight is 287 g/mol. The maximum Gasteiger partial charge on any atom is 0.236 e. The summed E-state index contributed by atoms with van der Waals surface area (Å²) in [6.07, 6.45) is 3.00. The Bertz CT molecular complexity index is 532. The lowest BCUT2D eigenvalue weighted by Gasteiger charge is -2.24. The summed E-state index contributed by atoms with van der Waals surface area (Å²) in [4.78, 5) is 25.6. The fourth-order valence-electron chi connectivity index (χ4n) is 3.76. The Balaban J connectivity index is 1.75. The van der Waals surface area contributed by atoms with Gasteiger partial charge in [0.2, 0.25) is 11.8 Å². The van der Waals surface area contributed by atoms with Crippen molar-refractivity contribution in [3.05, 3.63) is 35.9 Å². The van der Waals surface area contributed by atoms with Gasteiger partial charge in [0.25, 0.3) is 0 Å². The molecule has 5 nitrogen and oxygen atoms in total. The quantitative estimate of drug-likeness (QED) is 0.860. The number of nitrogens with two attached hydrogens (primary N) is 1. The van der Waals surface area contributed by atoms with Crippen LogP contribution >= 0.6 is 0 Å². The van der Waals surface area contributed by atoms with E-state index in [1.54, 1.807) is 0 Å². The maximum absolute atomic E-state index is 12.3. The van der Waals surface area contributed by atoms with E-state index in [4.69, 9.17) is 5.73 Å². The summed E-state index contributed by atoms with van der Waals surface area (Å²) in [5.74, 6) is -0.578. The van der Waals surface area contributed by atoms with Crippen molar-refractivity contribution >= 4 is 11.8 Å². The number of carbonyl (C=O) groups excluding carboxylic acids is 2. The molecule has 3 rings (SSSR count). The van der Waals surface area contributed by atoms with Crippen LogP contribution < -0.4 is 11.1 Å². The predicted molar refractivity (Wildman–Crippen MR) is 79.2 cm³/mol. The number of primary amides is 1. The average Bonchev–Trinajstić information content (AvgIpc) is 3.07. The number of fused-ring (bicyclic) bond motifs is 1. The molecule has 1 aromatic carbocycles. The van der Waals surface area contributed by atoms with Crippen molar-refractivity contribution < 1.29 is 9.59 Å². The summed E-state index contributed by atoms with van der Waals surface area (Å²) >= 11 is 0. The van der Waals surface area contributed by atoms with E-state index in [1.807, 2.05) is 18.2 Å². The summed E-state index contributed by atoms with van der Waals surface area (Å²) in [6, 6.07) is 11.0. The van der Waals surface area contributed by atoms with Gasteiger partial charge in [-0.3, -0.25) is 14.5 Å². The molecule has 0 spiro atoms. The molecule has 0 aliphatic carbocycles. The number of hydrogen-bond acceptors (Lipinski definition) is 3. The molecule has 2 aliphatic heterocycles. The second kappa shape index (κ2) is 5.85. The van der Waals surface area contributed by atoms with Crippen molar-refractivity contribution in [3.63, 3.8) is 0 Å². The molecule has 2 amide bonds. The highest BCUT2D eigenvalue weighted by Gasteiger charge is 2.46. The van der Waals surface area contributed by atoms with E-state index in [0.717, 1.165) is 25.8 Å². The minimum atomic E-state index is -0.496. The van der Waals surface area contributed by atoms with Gasteiger partial charge in [-0.15, -0.1) is 0 Å². The van der Waals surface area contributed by atoms with Gasteiger partial charge in [-0.2, -0.15) is 0 Å². The molecule has 1 aromatic rings. The van der Waals surface area contributed by atoms with Gasteiger partial charge >= 0.3 is 0 Å². The maximum atomic E-state index is 12.3. The van der Waals surface area contributed by atoms with Crippen LogP contribution in [0.4, 0.5) is 0 Å². The lowest BCUT2D eigenvalue weighted by molar-refractivity contribution is -0.128. The number of nitrogens with zero attached hydrogens (tertiary/aromatic N) is 1. The smallest absolute Gasteiger partial charge is 0.236 e. The molecule has 0 bridgehead atoms. The molecule has 0 radical (unpaired) electrons. The van der Waals surface area contributed by atoms with Crippen LogP contribution in [-0.2, 0) is 9.59 Å². The van der Waals surface area contributed by atoms with Crippen molar-refractivity contribution in [1.29, 1.82) is 0 Å². The van der Waals surface area contributed by atoms with Gasteiger partial charge in [-0.05, 0) is 31.4 Å². The summed E-state index contributed by atoms with van der Waals surface area (Å²) in [5.41, 5.74) is 6.37. The van der Waals surface area contributed by atoms with Crippen molar-refractivity contribution in [3.8, 4) is 0 Å². The van der Waals surface area contributed by atoms with Crippen molar-refractivity contribution in [2.24, 2.45) is 11.7 Å². The summed E-state index contributed by atoms with van der Waals surface area (Å²) in [5, 5.41) is 2.67. The molecule has 2 aliphatic rings. The zero-order valence-corrected chi connectivity index (χ0v) is 12.0. The molecule has 0 saturated carbocycles. The number of hydrogen-bond donors (Lipinski definition) is 2. The van der Waals surface area contributed by atoms with Gasteiger partial charge in [0, 0.05) is 12.1 Å². The number of amides is 2. The third-order valence-electron chi connectivity index (χ3n) is 4.64. The number of carbonyl (C=O) groups is 2. The molecule has 3 N–H and O–H groups in total. The molecule has 0 unspecified atom stereocenters. The minimum absolute atomic E-state index is 0.0378. The summed E-state index contributed by atoms with van der Waals surface area (Å²) in [7, 11) is 0. The van der Waals surface area contributed by atoms with E-state index in [9.17, 15) is 9.59 Å². The Morgan fingerprint density at radius 2 is 2.05 bits per heavy atom. The van der Waals surface area contributed by atoms with Crippen LogP contribution in [0, 0.1) is 5.92 Å². The van der Waals surface area contributed by atoms with Crippen molar-refractivity contribution in [2.75, 3.05) is 13.1 Å². The number of rotatable bonds is 4. The summed E-state index contributed by atoms with van der Waals surface area (Å²) < 4.78 is 0. The number of nitrogens with one attached hydrogen (secondary N) is 1. The van der Waals surface area contributed by atoms with Crippen LogP contribution in [0.2, 0.25) is 0 Å². The van der Waals surface area contributed by atoms with Gasteiger partial charge in [-0.25, -0.2) is 0 Å². The molecular formula is C16H21N3O2. The van der Waals surface area contributed by atoms with E-state index in [1.165, 1.54) is 5.56 Å². The molecule has 2 saturated heterocycles. The molecule has 112 valence electrons. The Kier molecular flexibility index (Phi) is 3.92. The normalized spacial score (nSPS) is 28.3. The lowest BCUT2D eigenvalue weighted by Crippen LogP contribution is -2.41. The first kappa shape index (κ1) is 14.1. The molecule has 3 atom stereocenters. The zero-order valence-electron chi connectivity index (χ0n) is 12.0. The van der Waals surface area contributed by atoms with Gasteiger partial charge in [0.05, 0.1) is 12.5 Å². The van der Waals surface area contributed by atoms with Crippen LogP contribution in [0.1, 0.15) is 30.9 Å². The highest BCUT2D eigenvalue weighted by atomic mass is 16.2. The standard InChI is InChI=1S/C16H21N3O2/c17-15(20)10-18-16(21)12-9-14(11-5-2-1-3-6-11)19-8-4-7-13(12)19/h1-3,5-6,12-14H,4,7-10H2,(H2,17,20)(H,18,21)/t12-,13+,14-/m0/s1. The summed E-state index contributed by atoms with van der Waals surface area (Å²) in [6.45, 7) is 0.974. The van der Waals surface area contributed by atoms with Crippen LogP contribution in [0.15, 0.2) is 30.3 Å². The van der Waals surface area contributed by atoms with Gasteiger partial charge in [0.15, 0.2) is 0 Å². The molecule has 2 heterocycles. The fourth-order valence-corrected chi connectivity index (χ4v) is 3.76. The molecule has 0 aromatic heterocycles. The first-order valence-corrected chi connectivity index (χ1v) is 7.53. The largest absolute Gasteiger partial charge is 0.368 e. The highest BCUT2D eigenvalue weighted by molar-refractivity contribution is 5.85. The number of benzene rings is 1. The van der Waals surface area contributed by atoms with Crippen molar-refractivity contribution in [1.82, 2.24) is 10.2 Å². The lowest BCUT2D eigenvalue weighted by atomic mass is 9.93. The molecular weight excluding hydrogens is 266 g/mol. The minimum Gasteiger partial charge on any atom is -0.368 e. The molecule has 5 heteroatoms. The van der Waals surface area contributed by atoms with E-state index in [2.05, 4.69) is 22.3 Å². The van der Waals surface area contributed by atoms with Crippen LogP contribution in [0.5, 0.6) is 0 Å². The van der Waals surface area contributed by atoms with Crippen LogP contribution in [0.25, 0.3) is 0 Å². The topological polar surface area (TPSA) is 75.4 Å². The zero-order chi connectivity index (χ0) is 14.8. The van der Waals surface area contributed by atoms with Crippen molar-refractivity contribution in [2.45, 2.75) is 31.3 Å². The fraction of sp³-hybridized carbons (Fsp3) is 0.500. The van der Waals surface area contributed by atoms with Gasteiger partial charge in [0.1, 0.15) is 0 Å².